The third-order valence-corrected chi connectivity index (χ3v) is 4.52. The van der Waals surface area contributed by atoms with Crippen LogP contribution in [0.15, 0.2) is 53.0 Å². The maximum atomic E-state index is 13.5. The number of ketones is 1. The summed E-state index contributed by atoms with van der Waals surface area (Å²) in [6.07, 6.45) is 0.167. The lowest BCUT2D eigenvalue weighted by Crippen LogP contribution is -2.27. The molecule has 0 saturated heterocycles. The summed E-state index contributed by atoms with van der Waals surface area (Å²) in [5, 5.41) is 0. The van der Waals surface area contributed by atoms with E-state index in [-0.39, 0.29) is 30.0 Å². The van der Waals surface area contributed by atoms with E-state index in [1.165, 1.54) is 6.07 Å². The molecule has 0 aromatic heterocycles. The minimum Gasteiger partial charge on any atom is -0.323 e. The van der Waals surface area contributed by atoms with Crippen molar-refractivity contribution < 1.29 is 9.18 Å². The molecule has 2 N–H and O–H groups in total. The maximum Gasteiger partial charge on any atom is 0.141 e. The van der Waals surface area contributed by atoms with Crippen LogP contribution in [0.2, 0.25) is 0 Å². The molecule has 2 rings (SSSR count). The molecule has 0 aliphatic heterocycles. The highest BCUT2D eigenvalue weighted by Gasteiger charge is 2.23. The van der Waals surface area contributed by atoms with Crippen molar-refractivity contribution in [2.75, 3.05) is 0 Å². The first kappa shape index (κ1) is 15.9. The summed E-state index contributed by atoms with van der Waals surface area (Å²) in [5.74, 6) is -0.694. The van der Waals surface area contributed by atoms with Crippen molar-refractivity contribution in [3.63, 3.8) is 0 Å². The number of carbonyl (C=O) groups excluding carboxylic acids is 1. The molecule has 0 saturated carbocycles. The van der Waals surface area contributed by atoms with Gasteiger partial charge in [0.15, 0.2) is 0 Å². The summed E-state index contributed by atoms with van der Waals surface area (Å²) >= 11 is 3.18. The molecular formula is C17H17BrFNO. The third kappa shape index (κ3) is 3.77. The van der Waals surface area contributed by atoms with Crippen molar-refractivity contribution in [1.29, 1.82) is 0 Å². The average Bonchev–Trinajstić information content (AvgIpc) is 2.51. The molecule has 2 aromatic rings. The molecule has 110 valence electrons. The van der Waals surface area contributed by atoms with Gasteiger partial charge < -0.3 is 5.73 Å². The Kier molecular flexibility index (Phi) is 5.26. The van der Waals surface area contributed by atoms with E-state index in [0.29, 0.717) is 10.0 Å². The normalized spacial score (nSPS) is 13.7. The van der Waals surface area contributed by atoms with Gasteiger partial charge in [0.2, 0.25) is 0 Å². The predicted octanol–water partition coefficient (Wildman–Crippen LogP) is 4.04. The standard InChI is InChI=1S/C17H17BrFNO/c1-11(17(20)12-6-3-2-4-7-12)15(21)10-13-8-5-9-14(19)16(13)18/h2-9,11,17H,10,20H2,1H3. The molecular weight excluding hydrogens is 333 g/mol. The van der Waals surface area contributed by atoms with Crippen molar-refractivity contribution in [2.45, 2.75) is 19.4 Å². The van der Waals surface area contributed by atoms with E-state index in [0.717, 1.165) is 5.56 Å². The molecule has 4 heteroatoms. The van der Waals surface area contributed by atoms with Gasteiger partial charge in [-0.2, -0.15) is 0 Å². The van der Waals surface area contributed by atoms with Gasteiger partial charge in [-0.15, -0.1) is 0 Å². The number of Topliss-reactive ketones (excluding diaryl/α,β-unsaturated/α-hetero) is 1. The molecule has 0 aliphatic carbocycles. The van der Waals surface area contributed by atoms with Crippen molar-refractivity contribution in [3.8, 4) is 0 Å². The second-order valence-electron chi connectivity index (χ2n) is 5.08. The van der Waals surface area contributed by atoms with Crippen molar-refractivity contribution in [2.24, 2.45) is 11.7 Å². The summed E-state index contributed by atoms with van der Waals surface area (Å²) in [6, 6.07) is 13.9. The zero-order valence-electron chi connectivity index (χ0n) is 11.7. The lowest BCUT2D eigenvalue weighted by molar-refractivity contribution is -0.122. The minimum atomic E-state index is -0.361. The molecule has 2 atom stereocenters. The predicted molar refractivity (Wildman–Crippen MR) is 85.3 cm³/mol. The Bertz CT molecular complexity index is 630. The number of hydrogen-bond donors (Lipinski definition) is 1. The Morgan fingerprint density at radius 3 is 2.52 bits per heavy atom. The first-order valence-electron chi connectivity index (χ1n) is 6.77. The number of rotatable bonds is 5. The highest BCUT2D eigenvalue weighted by atomic mass is 79.9. The van der Waals surface area contributed by atoms with Gasteiger partial charge in [0.05, 0.1) is 4.47 Å². The van der Waals surface area contributed by atoms with E-state index < -0.39 is 0 Å². The van der Waals surface area contributed by atoms with E-state index in [9.17, 15) is 9.18 Å². The lowest BCUT2D eigenvalue weighted by Gasteiger charge is -2.19. The van der Waals surface area contributed by atoms with Crippen LogP contribution in [0.5, 0.6) is 0 Å². The van der Waals surface area contributed by atoms with E-state index in [2.05, 4.69) is 15.9 Å². The minimum absolute atomic E-state index is 0.00217. The van der Waals surface area contributed by atoms with Gasteiger partial charge in [-0.25, -0.2) is 4.39 Å². The van der Waals surface area contributed by atoms with E-state index >= 15 is 0 Å². The van der Waals surface area contributed by atoms with Crippen molar-refractivity contribution in [1.82, 2.24) is 0 Å². The molecule has 0 bridgehead atoms. The molecule has 2 aromatic carbocycles. The monoisotopic (exact) mass is 349 g/mol. The van der Waals surface area contributed by atoms with Crippen LogP contribution in [0.4, 0.5) is 4.39 Å². The average molecular weight is 350 g/mol. The van der Waals surface area contributed by atoms with Gasteiger partial charge in [-0.1, -0.05) is 49.4 Å². The summed E-state index contributed by atoms with van der Waals surface area (Å²) < 4.78 is 13.8. The zero-order valence-corrected chi connectivity index (χ0v) is 13.3. The number of hydrogen-bond acceptors (Lipinski definition) is 2. The molecule has 0 radical (unpaired) electrons. The number of nitrogens with two attached hydrogens (primary N) is 1. The summed E-state index contributed by atoms with van der Waals surface area (Å²) in [4.78, 5) is 12.4. The van der Waals surface area contributed by atoms with Crippen LogP contribution in [0.1, 0.15) is 24.1 Å². The zero-order chi connectivity index (χ0) is 15.4. The first-order valence-corrected chi connectivity index (χ1v) is 7.56. The van der Waals surface area contributed by atoms with E-state index in [1.807, 2.05) is 37.3 Å². The van der Waals surface area contributed by atoms with Gasteiger partial charge in [0.25, 0.3) is 0 Å². The van der Waals surface area contributed by atoms with Gasteiger partial charge >= 0.3 is 0 Å². The Morgan fingerprint density at radius 2 is 1.86 bits per heavy atom. The van der Waals surface area contributed by atoms with Crippen LogP contribution >= 0.6 is 15.9 Å². The van der Waals surface area contributed by atoms with Crippen LogP contribution in [0.3, 0.4) is 0 Å². The Balaban J connectivity index is 2.11. The second-order valence-corrected chi connectivity index (χ2v) is 5.87. The van der Waals surface area contributed by atoms with Crippen LogP contribution in [-0.2, 0) is 11.2 Å². The van der Waals surface area contributed by atoms with Gasteiger partial charge in [0, 0.05) is 18.4 Å². The molecule has 0 aliphatic rings. The lowest BCUT2D eigenvalue weighted by atomic mass is 9.89. The Hall–Kier alpha value is -1.52. The summed E-state index contributed by atoms with van der Waals surface area (Å²) in [7, 11) is 0. The van der Waals surface area contributed by atoms with Crippen LogP contribution in [0, 0.1) is 11.7 Å². The van der Waals surface area contributed by atoms with Crippen LogP contribution < -0.4 is 5.73 Å². The smallest absolute Gasteiger partial charge is 0.141 e. The maximum absolute atomic E-state index is 13.5. The second kappa shape index (κ2) is 6.96. The fourth-order valence-corrected chi connectivity index (χ4v) is 2.60. The molecule has 0 fully saturated rings. The van der Waals surface area contributed by atoms with Crippen molar-refractivity contribution in [3.05, 3.63) is 69.9 Å². The molecule has 21 heavy (non-hydrogen) atoms. The fraction of sp³-hybridized carbons (Fsp3) is 0.235. The number of halogens is 2. The molecule has 0 spiro atoms. The summed E-state index contributed by atoms with van der Waals surface area (Å²) in [5.41, 5.74) is 7.73. The van der Waals surface area contributed by atoms with Gasteiger partial charge in [0.1, 0.15) is 11.6 Å². The largest absolute Gasteiger partial charge is 0.323 e. The molecule has 2 nitrogen and oxygen atoms in total. The molecule has 0 heterocycles. The van der Waals surface area contributed by atoms with Gasteiger partial charge in [-0.05, 0) is 33.1 Å². The highest BCUT2D eigenvalue weighted by molar-refractivity contribution is 9.10. The number of carbonyl (C=O) groups is 1. The third-order valence-electron chi connectivity index (χ3n) is 3.63. The summed E-state index contributed by atoms with van der Waals surface area (Å²) in [6.45, 7) is 1.81. The van der Waals surface area contributed by atoms with E-state index in [1.54, 1.807) is 12.1 Å². The van der Waals surface area contributed by atoms with Crippen molar-refractivity contribution >= 4 is 21.7 Å². The number of benzene rings is 2. The SMILES string of the molecule is CC(C(=O)Cc1cccc(F)c1Br)C(N)c1ccccc1. The first-order chi connectivity index (χ1) is 10.0. The van der Waals surface area contributed by atoms with Gasteiger partial charge in [-0.3, -0.25) is 4.79 Å². The highest BCUT2D eigenvalue weighted by Crippen LogP contribution is 2.25. The molecule has 0 amide bonds. The van der Waals surface area contributed by atoms with Crippen LogP contribution in [0.25, 0.3) is 0 Å². The Labute approximate surface area is 132 Å². The van der Waals surface area contributed by atoms with E-state index in [4.69, 9.17) is 5.73 Å². The quantitative estimate of drug-likeness (QED) is 0.885. The van der Waals surface area contributed by atoms with Crippen LogP contribution in [-0.4, -0.2) is 5.78 Å². The fourth-order valence-electron chi connectivity index (χ4n) is 2.20. The topological polar surface area (TPSA) is 43.1 Å². The Morgan fingerprint density at radius 1 is 1.19 bits per heavy atom. The molecule has 2 unspecified atom stereocenters.